The van der Waals surface area contributed by atoms with Gasteiger partial charge in [-0.1, -0.05) is 30.3 Å². The Hall–Kier alpha value is -0.860. The Bertz CT molecular complexity index is 311. The largest absolute Gasteiger partial charge is 0.369 e. The van der Waals surface area contributed by atoms with Crippen molar-refractivity contribution in [3.8, 4) is 0 Å². The highest BCUT2D eigenvalue weighted by Gasteiger charge is 2.36. The van der Waals surface area contributed by atoms with Gasteiger partial charge >= 0.3 is 0 Å². The zero-order valence-corrected chi connectivity index (χ0v) is 8.86. The van der Waals surface area contributed by atoms with E-state index in [1.807, 2.05) is 0 Å². The zero-order valence-electron chi connectivity index (χ0n) is 8.86. The molecule has 2 nitrogen and oxygen atoms in total. The minimum absolute atomic E-state index is 0.312. The summed E-state index contributed by atoms with van der Waals surface area (Å²) in [7, 11) is 0. The van der Waals surface area contributed by atoms with Gasteiger partial charge in [-0.25, -0.2) is 0 Å². The first-order valence-corrected chi connectivity index (χ1v) is 5.87. The van der Waals surface area contributed by atoms with Crippen molar-refractivity contribution in [3.63, 3.8) is 0 Å². The quantitative estimate of drug-likeness (QED) is 0.756. The highest BCUT2D eigenvalue weighted by molar-refractivity contribution is 5.19. The standard InChI is InChI=1S/C13H17NO/c1-2-5-10(6-3-1)13-9-11-12(15-13)7-4-8-14-11/h1-3,5-6,11-14H,4,7-9H2/t11-,12-,13-/m1/s1. The predicted octanol–water partition coefficient (Wildman–Crippen LogP) is 2.27. The molecule has 2 fully saturated rings. The molecule has 15 heavy (non-hydrogen) atoms. The molecule has 2 aliphatic rings. The van der Waals surface area contributed by atoms with Crippen LogP contribution < -0.4 is 5.32 Å². The molecule has 80 valence electrons. The highest BCUT2D eigenvalue weighted by atomic mass is 16.5. The van der Waals surface area contributed by atoms with Gasteiger partial charge in [0.15, 0.2) is 0 Å². The van der Waals surface area contributed by atoms with Crippen molar-refractivity contribution in [2.45, 2.75) is 37.5 Å². The van der Waals surface area contributed by atoms with Gasteiger partial charge in [-0.2, -0.15) is 0 Å². The topological polar surface area (TPSA) is 21.3 Å². The predicted molar refractivity (Wildman–Crippen MR) is 59.7 cm³/mol. The lowest BCUT2D eigenvalue weighted by Gasteiger charge is -2.24. The summed E-state index contributed by atoms with van der Waals surface area (Å²) in [6.45, 7) is 1.16. The van der Waals surface area contributed by atoms with E-state index in [2.05, 4.69) is 35.6 Å². The second-order valence-corrected chi connectivity index (χ2v) is 4.51. The number of rotatable bonds is 1. The first kappa shape index (κ1) is 9.37. The van der Waals surface area contributed by atoms with Crippen LogP contribution in [0.5, 0.6) is 0 Å². The first-order valence-electron chi connectivity index (χ1n) is 5.87. The fourth-order valence-corrected chi connectivity index (χ4v) is 2.70. The van der Waals surface area contributed by atoms with Crippen LogP contribution in [0.25, 0.3) is 0 Å². The molecule has 0 aromatic heterocycles. The van der Waals surface area contributed by atoms with Crippen molar-refractivity contribution < 1.29 is 4.74 Å². The van der Waals surface area contributed by atoms with E-state index in [0.29, 0.717) is 18.2 Å². The lowest BCUT2D eigenvalue weighted by Crippen LogP contribution is -2.41. The number of hydrogen-bond donors (Lipinski definition) is 1. The monoisotopic (exact) mass is 203 g/mol. The van der Waals surface area contributed by atoms with Crippen LogP contribution in [0.3, 0.4) is 0 Å². The minimum atomic E-state index is 0.312. The Morgan fingerprint density at radius 3 is 2.87 bits per heavy atom. The van der Waals surface area contributed by atoms with E-state index in [-0.39, 0.29) is 0 Å². The Balaban J connectivity index is 1.75. The number of piperidine rings is 1. The van der Waals surface area contributed by atoms with Gasteiger partial charge in [0, 0.05) is 6.04 Å². The summed E-state index contributed by atoms with van der Waals surface area (Å²) < 4.78 is 6.09. The molecule has 2 saturated heterocycles. The van der Waals surface area contributed by atoms with E-state index in [1.165, 1.54) is 18.4 Å². The van der Waals surface area contributed by atoms with Crippen molar-refractivity contribution >= 4 is 0 Å². The molecule has 2 aliphatic heterocycles. The molecule has 2 heterocycles. The Kier molecular flexibility index (Phi) is 2.47. The third-order valence-electron chi connectivity index (χ3n) is 3.50. The minimum Gasteiger partial charge on any atom is -0.369 e. The smallest absolute Gasteiger partial charge is 0.0845 e. The van der Waals surface area contributed by atoms with Crippen LogP contribution >= 0.6 is 0 Å². The van der Waals surface area contributed by atoms with E-state index >= 15 is 0 Å². The summed E-state index contributed by atoms with van der Waals surface area (Å²) in [6.07, 6.45) is 4.37. The van der Waals surface area contributed by atoms with E-state index in [0.717, 1.165) is 13.0 Å². The molecule has 1 N–H and O–H groups in total. The molecule has 3 rings (SSSR count). The summed E-state index contributed by atoms with van der Waals surface area (Å²) in [5, 5.41) is 3.56. The molecular formula is C13H17NO. The molecule has 0 bridgehead atoms. The number of fused-ring (bicyclic) bond motifs is 1. The maximum atomic E-state index is 6.09. The van der Waals surface area contributed by atoms with Crippen LogP contribution in [0.1, 0.15) is 30.9 Å². The van der Waals surface area contributed by atoms with E-state index in [4.69, 9.17) is 4.74 Å². The Morgan fingerprint density at radius 1 is 1.20 bits per heavy atom. The average Bonchev–Trinajstić information content (AvgIpc) is 2.74. The van der Waals surface area contributed by atoms with E-state index in [1.54, 1.807) is 0 Å². The van der Waals surface area contributed by atoms with Crippen LogP contribution in [-0.4, -0.2) is 18.7 Å². The van der Waals surface area contributed by atoms with Crippen molar-refractivity contribution in [1.82, 2.24) is 5.32 Å². The number of nitrogens with one attached hydrogen (secondary N) is 1. The summed E-state index contributed by atoms with van der Waals surface area (Å²) in [5.74, 6) is 0. The van der Waals surface area contributed by atoms with Gasteiger partial charge in [0.25, 0.3) is 0 Å². The van der Waals surface area contributed by atoms with Crippen molar-refractivity contribution in [2.24, 2.45) is 0 Å². The van der Waals surface area contributed by atoms with Crippen LogP contribution in [0, 0.1) is 0 Å². The van der Waals surface area contributed by atoms with Crippen LogP contribution in [0.15, 0.2) is 30.3 Å². The maximum Gasteiger partial charge on any atom is 0.0845 e. The fraction of sp³-hybridized carbons (Fsp3) is 0.538. The summed E-state index contributed by atoms with van der Waals surface area (Å²) in [4.78, 5) is 0. The molecule has 0 radical (unpaired) electrons. The van der Waals surface area contributed by atoms with Crippen molar-refractivity contribution in [1.29, 1.82) is 0 Å². The SMILES string of the molecule is c1ccc([C@H]2C[C@H]3NCCC[C@H]3O2)cc1. The Morgan fingerprint density at radius 2 is 2.07 bits per heavy atom. The molecule has 0 amide bonds. The molecule has 3 atom stereocenters. The highest BCUT2D eigenvalue weighted by Crippen LogP contribution is 2.35. The van der Waals surface area contributed by atoms with E-state index in [9.17, 15) is 0 Å². The molecule has 2 heteroatoms. The zero-order chi connectivity index (χ0) is 10.1. The number of ether oxygens (including phenoxy) is 1. The van der Waals surface area contributed by atoms with Crippen LogP contribution in [0.4, 0.5) is 0 Å². The lowest BCUT2D eigenvalue weighted by atomic mass is 9.98. The molecule has 0 aliphatic carbocycles. The molecule has 0 spiro atoms. The first-order chi connectivity index (χ1) is 7.43. The molecule has 1 aromatic carbocycles. The number of hydrogen-bond acceptors (Lipinski definition) is 2. The van der Waals surface area contributed by atoms with E-state index < -0.39 is 0 Å². The summed E-state index contributed by atoms with van der Waals surface area (Å²) in [5.41, 5.74) is 1.33. The van der Waals surface area contributed by atoms with Crippen molar-refractivity contribution in [3.05, 3.63) is 35.9 Å². The van der Waals surface area contributed by atoms with Gasteiger partial charge < -0.3 is 10.1 Å². The normalized spacial score (nSPS) is 35.1. The van der Waals surface area contributed by atoms with Crippen LogP contribution in [0.2, 0.25) is 0 Å². The van der Waals surface area contributed by atoms with Gasteiger partial charge in [-0.3, -0.25) is 0 Å². The van der Waals surface area contributed by atoms with Gasteiger partial charge in [0.1, 0.15) is 0 Å². The second kappa shape index (κ2) is 3.95. The third-order valence-corrected chi connectivity index (χ3v) is 3.50. The molecule has 1 aromatic rings. The van der Waals surface area contributed by atoms with Gasteiger partial charge in [0.2, 0.25) is 0 Å². The fourth-order valence-electron chi connectivity index (χ4n) is 2.70. The lowest BCUT2D eigenvalue weighted by molar-refractivity contribution is 0.0259. The average molecular weight is 203 g/mol. The van der Waals surface area contributed by atoms with Gasteiger partial charge in [-0.05, 0) is 31.4 Å². The second-order valence-electron chi connectivity index (χ2n) is 4.51. The Labute approximate surface area is 90.6 Å². The third kappa shape index (κ3) is 1.80. The molecule has 0 unspecified atom stereocenters. The summed E-state index contributed by atoms with van der Waals surface area (Å²) in [6, 6.07) is 11.2. The van der Waals surface area contributed by atoms with Crippen LogP contribution in [-0.2, 0) is 4.74 Å². The van der Waals surface area contributed by atoms with Gasteiger partial charge in [0.05, 0.1) is 12.2 Å². The molecular weight excluding hydrogens is 186 g/mol. The van der Waals surface area contributed by atoms with Crippen molar-refractivity contribution in [2.75, 3.05) is 6.54 Å². The molecule has 0 saturated carbocycles. The number of benzene rings is 1. The van der Waals surface area contributed by atoms with Gasteiger partial charge in [-0.15, -0.1) is 0 Å². The summed E-state index contributed by atoms with van der Waals surface area (Å²) >= 11 is 0. The maximum absolute atomic E-state index is 6.09.